The lowest BCUT2D eigenvalue weighted by molar-refractivity contribution is -0.134. The van der Waals surface area contributed by atoms with Gasteiger partial charge in [0.05, 0.1) is 11.4 Å². The van der Waals surface area contributed by atoms with Crippen LogP contribution in [0.2, 0.25) is 5.02 Å². The van der Waals surface area contributed by atoms with E-state index < -0.39 is 0 Å². The molecule has 178 valence electrons. The standard InChI is InChI=1S/C23H26ClN7O2S/c1-16(2)22(33)30-13-11-29(12-14-30)19-9-5-18(6-10-19)25-21(32)15-34-23-26-27-28-31(23)20-7-3-17(24)4-8-20/h3-10,16H,11-15H2,1-2H3,(H,25,32). The first-order valence-electron chi connectivity index (χ1n) is 11.0. The van der Waals surface area contributed by atoms with Gasteiger partial charge in [-0.1, -0.05) is 37.2 Å². The third kappa shape index (κ3) is 5.87. The summed E-state index contributed by atoms with van der Waals surface area (Å²) in [6, 6.07) is 14.9. The first-order chi connectivity index (χ1) is 16.4. The van der Waals surface area contributed by atoms with E-state index in [9.17, 15) is 9.59 Å². The molecule has 1 aliphatic heterocycles. The first-order valence-corrected chi connectivity index (χ1v) is 12.4. The predicted molar refractivity (Wildman–Crippen MR) is 134 cm³/mol. The van der Waals surface area contributed by atoms with Crippen molar-refractivity contribution in [2.24, 2.45) is 5.92 Å². The molecule has 9 nitrogen and oxygen atoms in total. The molecule has 3 aromatic rings. The molecule has 0 atom stereocenters. The number of hydrogen-bond acceptors (Lipinski definition) is 7. The highest BCUT2D eigenvalue weighted by molar-refractivity contribution is 7.99. The molecular formula is C23H26ClN7O2S. The molecule has 2 amide bonds. The number of tetrazole rings is 1. The number of rotatable bonds is 7. The van der Waals surface area contributed by atoms with Crippen LogP contribution in [-0.4, -0.2) is 68.9 Å². The Balaban J connectivity index is 1.28. The van der Waals surface area contributed by atoms with Crippen LogP contribution in [0.4, 0.5) is 11.4 Å². The van der Waals surface area contributed by atoms with Gasteiger partial charge in [0.15, 0.2) is 0 Å². The summed E-state index contributed by atoms with van der Waals surface area (Å²) in [6.07, 6.45) is 0. The molecule has 1 N–H and O–H groups in total. The minimum absolute atomic E-state index is 0.0256. The Bertz CT molecular complexity index is 1130. The maximum Gasteiger partial charge on any atom is 0.234 e. The van der Waals surface area contributed by atoms with Gasteiger partial charge >= 0.3 is 0 Å². The van der Waals surface area contributed by atoms with Gasteiger partial charge in [0.2, 0.25) is 17.0 Å². The van der Waals surface area contributed by atoms with E-state index in [1.807, 2.05) is 55.1 Å². The first kappa shape index (κ1) is 24.0. The maximum atomic E-state index is 12.5. The summed E-state index contributed by atoms with van der Waals surface area (Å²) < 4.78 is 1.57. The highest BCUT2D eigenvalue weighted by Gasteiger charge is 2.23. The van der Waals surface area contributed by atoms with Crippen molar-refractivity contribution >= 4 is 46.6 Å². The fourth-order valence-corrected chi connectivity index (χ4v) is 4.46. The molecule has 1 saturated heterocycles. The van der Waals surface area contributed by atoms with E-state index in [1.165, 1.54) is 11.8 Å². The lowest BCUT2D eigenvalue weighted by Crippen LogP contribution is -2.49. The number of halogens is 1. The van der Waals surface area contributed by atoms with Crippen LogP contribution in [-0.2, 0) is 9.59 Å². The Labute approximate surface area is 207 Å². The van der Waals surface area contributed by atoms with Crippen LogP contribution in [0.3, 0.4) is 0 Å². The quantitative estimate of drug-likeness (QED) is 0.498. The Kier molecular flexibility index (Phi) is 7.69. The van der Waals surface area contributed by atoms with E-state index in [0.717, 1.165) is 43.2 Å². The van der Waals surface area contributed by atoms with Crippen LogP contribution in [0, 0.1) is 5.92 Å². The number of piperazine rings is 1. The second-order valence-electron chi connectivity index (χ2n) is 8.20. The van der Waals surface area contributed by atoms with Gasteiger partial charge in [-0.3, -0.25) is 9.59 Å². The molecular weight excluding hydrogens is 474 g/mol. The number of benzene rings is 2. The second kappa shape index (κ2) is 10.9. The molecule has 2 aromatic carbocycles. The molecule has 0 unspecified atom stereocenters. The zero-order chi connectivity index (χ0) is 24.1. The zero-order valence-corrected chi connectivity index (χ0v) is 20.6. The number of carbonyl (C=O) groups is 2. The van der Waals surface area contributed by atoms with Crippen LogP contribution in [0.1, 0.15) is 13.8 Å². The van der Waals surface area contributed by atoms with Gasteiger partial charge in [0, 0.05) is 48.5 Å². The van der Waals surface area contributed by atoms with E-state index in [1.54, 1.807) is 16.8 Å². The average molecular weight is 500 g/mol. The van der Waals surface area contributed by atoms with Crippen molar-refractivity contribution in [1.82, 2.24) is 25.1 Å². The highest BCUT2D eigenvalue weighted by Crippen LogP contribution is 2.22. The molecule has 34 heavy (non-hydrogen) atoms. The fourth-order valence-electron chi connectivity index (χ4n) is 3.65. The van der Waals surface area contributed by atoms with Crippen LogP contribution in [0.5, 0.6) is 0 Å². The van der Waals surface area contributed by atoms with Gasteiger partial charge in [0.25, 0.3) is 0 Å². The number of thioether (sulfide) groups is 1. The van der Waals surface area contributed by atoms with Crippen molar-refractivity contribution in [2.75, 3.05) is 42.1 Å². The van der Waals surface area contributed by atoms with Crippen LogP contribution in [0.25, 0.3) is 5.69 Å². The summed E-state index contributed by atoms with van der Waals surface area (Å²) >= 11 is 7.19. The van der Waals surface area contributed by atoms with Crippen LogP contribution >= 0.6 is 23.4 Å². The van der Waals surface area contributed by atoms with Crippen molar-refractivity contribution in [3.8, 4) is 5.69 Å². The van der Waals surface area contributed by atoms with Gasteiger partial charge in [-0.15, -0.1) is 5.10 Å². The highest BCUT2D eigenvalue weighted by atomic mass is 35.5. The predicted octanol–water partition coefficient (Wildman–Crippen LogP) is 3.35. The molecule has 0 radical (unpaired) electrons. The molecule has 1 aromatic heterocycles. The molecule has 0 saturated carbocycles. The Hall–Kier alpha value is -3.11. The van der Waals surface area contributed by atoms with Crippen molar-refractivity contribution in [3.63, 3.8) is 0 Å². The van der Waals surface area contributed by atoms with E-state index >= 15 is 0 Å². The Morgan fingerprint density at radius 1 is 1.00 bits per heavy atom. The lowest BCUT2D eigenvalue weighted by Gasteiger charge is -2.37. The van der Waals surface area contributed by atoms with Crippen LogP contribution in [0.15, 0.2) is 53.7 Å². The van der Waals surface area contributed by atoms with Gasteiger partial charge in [-0.05, 0) is 59.0 Å². The number of amides is 2. The van der Waals surface area contributed by atoms with E-state index in [2.05, 4.69) is 25.7 Å². The topological polar surface area (TPSA) is 96.2 Å². The maximum absolute atomic E-state index is 12.5. The summed E-state index contributed by atoms with van der Waals surface area (Å²) in [4.78, 5) is 28.8. The van der Waals surface area contributed by atoms with Crippen molar-refractivity contribution in [2.45, 2.75) is 19.0 Å². The summed E-state index contributed by atoms with van der Waals surface area (Å²) in [5, 5.41) is 15.8. The Morgan fingerprint density at radius 2 is 1.65 bits per heavy atom. The van der Waals surface area contributed by atoms with Gasteiger partial charge < -0.3 is 15.1 Å². The molecule has 0 bridgehead atoms. The zero-order valence-electron chi connectivity index (χ0n) is 19.0. The summed E-state index contributed by atoms with van der Waals surface area (Å²) in [5.41, 5.74) is 2.56. The molecule has 2 heterocycles. The van der Waals surface area contributed by atoms with Gasteiger partial charge in [-0.2, -0.15) is 4.68 Å². The smallest absolute Gasteiger partial charge is 0.234 e. The van der Waals surface area contributed by atoms with Gasteiger partial charge in [-0.25, -0.2) is 0 Å². The summed E-state index contributed by atoms with van der Waals surface area (Å²) in [6.45, 7) is 6.90. The average Bonchev–Trinajstić information content (AvgIpc) is 3.32. The number of carbonyl (C=O) groups excluding carboxylic acids is 2. The van der Waals surface area contributed by atoms with Crippen molar-refractivity contribution in [1.29, 1.82) is 0 Å². The van der Waals surface area contributed by atoms with Crippen molar-refractivity contribution in [3.05, 3.63) is 53.6 Å². The summed E-state index contributed by atoms with van der Waals surface area (Å²) in [7, 11) is 0. The number of hydrogen-bond donors (Lipinski definition) is 1. The molecule has 1 fully saturated rings. The van der Waals surface area contributed by atoms with E-state index in [4.69, 9.17) is 11.6 Å². The summed E-state index contributed by atoms with van der Waals surface area (Å²) in [5.74, 6) is 0.251. The number of nitrogens with one attached hydrogen (secondary N) is 1. The molecule has 0 spiro atoms. The Morgan fingerprint density at radius 3 is 2.29 bits per heavy atom. The van der Waals surface area contributed by atoms with Crippen molar-refractivity contribution < 1.29 is 9.59 Å². The lowest BCUT2D eigenvalue weighted by atomic mass is 10.1. The molecule has 11 heteroatoms. The van der Waals surface area contributed by atoms with Gasteiger partial charge in [0.1, 0.15) is 0 Å². The second-order valence-corrected chi connectivity index (χ2v) is 9.58. The van der Waals surface area contributed by atoms with E-state index in [0.29, 0.717) is 10.2 Å². The molecule has 0 aliphatic carbocycles. The molecule has 4 rings (SSSR count). The van der Waals surface area contributed by atoms with Crippen LogP contribution < -0.4 is 10.2 Å². The normalized spacial score (nSPS) is 13.9. The SMILES string of the molecule is CC(C)C(=O)N1CCN(c2ccc(NC(=O)CSc3nnnn3-c3ccc(Cl)cc3)cc2)CC1. The molecule has 1 aliphatic rings. The minimum atomic E-state index is -0.149. The number of aromatic nitrogens is 4. The monoisotopic (exact) mass is 499 g/mol. The minimum Gasteiger partial charge on any atom is -0.368 e. The fraction of sp³-hybridized carbons (Fsp3) is 0.348. The number of nitrogens with zero attached hydrogens (tertiary/aromatic N) is 6. The third-order valence-electron chi connectivity index (χ3n) is 5.45. The number of anilines is 2. The third-order valence-corrected chi connectivity index (χ3v) is 6.62. The largest absolute Gasteiger partial charge is 0.368 e. The van der Waals surface area contributed by atoms with E-state index in [-0.39, 0.29) is 23.5 Å².